The Balaban J connectivity index is 2.23. The number of benzene rings is 1. The van der Waals surface area contributed by atoms with Crippen molar-refractivity contribution in [2.45, 2.75) is 0 Å². The van der Waals surface area contributed by atoms with Gasteiger partial charge in [-0.15, -0.1) is 0 Å². The molecular formula is C14H10BrN3O. The SMILES string of the molecule is Cn1ncc(Br)c1C(=O)c1nccc2ccccc12. The quantitative estimate of drug-likeness (QED) is 0.683. The Morgan fingerprint density at radius 1 is 1.26 bits per heavy atom. The van der Waals surface area contributed by atoms with Crippen LogP contribution in [-0.4, -0.2) is 20.5 Å². The molecule has 0 amide bonds. The second-order valence-corrected chi connectivity index (χ2v) is 5.03. The first-order chi connectivity index (χ1) is 9.18. The Bertz CT molecular complexity index is 754. The van der Waals surface area contributed by atoms with Crippen LogP contribution in [0.3, 0.4) is 0 Å². The standard InChI is InChI=1S/C14H10BrN3O/c1-18-13(11(15)8-17-18)14(19)12-10-5-3-2-4-9(10)6-7-16-12/h2-8H,1H3. The average Bonchev–Trinajstić information content (AvgIpc) is 2.77. The van der Waals surface area contributed by atoms with E-state index in [1.807, 2.05) is 30.3 Å². The lowest BCUT2D eigenvalue weighted by Gasteiger charge is -2.05. The van der Waals surface area contributed by atoms with E-state index in [1.165, 1.54) is 0 Å². The molecule has 0 aliphatic heterocycles. The summed E-state index contributed by atoms with van der Waals surface area (Å²) in [5.41, 5.74) is 0.950. The topological polar surface area (TPSA) is 47.8 Å². The van der Waals surface area contributed by atoms with E-state index >= 15 is 0 Å². The molecular weight excluding hydrogens is 306 g/mol. The summed E-state index contributed by atoms with van der Waals surface area (Å²) < 4.78 is 2.23. The number of aromatic nitrogens is 3. The van der Waals surface area contributed by atoms with Crippen molar-refractivity contribution in [3.05, 3.63) is 58.6 Å². The number of nitrogens with zero attached hydrogens (tertiary/aromatic N) is 3. The highest BCUT2D eigenvalue weighted by molar-refractivity contribution is 9.10. The molecule has 3 rings (SSSR count). The summed E-state index contributed by atoms with van der Waals surface area (Å²) >= 11 is 3.35. The monoisotopic (exact) mass is 315 g/mol. The number of hydrogen-bond acceptors (Lipinski definition) is 3. The van der Waals surface area contributed by atoms with Crippen molar-refractivity contribution in [1.29, 1.82) is 0 Å². The second kappa shape index (κ2) is 4.59. The van der Waals surface area contributed by atoms with Crippen molar-refractivity contribution < 1.29 is 4.79 Å². The molecule has 5 heteroatoms. The molecule has 0 saturated carbocycles. The number of aryl methyl sites for hydroxylation is 1. The van der Waals surface area contributed by atoms with Crippen molar-refractivity contribution in [2.24, 2.45) is 7.05 Å². The number of ketones is 1. The lowest BCUT2D eigenvalue weighted by atomic mass is 10.1. The summed E-state index contributed by atoms with van der Waals surface area (Å²) in [4.78, 5) is 16.8. The van der Waals surface area contributed by atoms with Gasteiger partial charge in [0.15, 0.2) is 0 Å². The van der Waals surface area contributed by atoms with Crippen molar-refractivity contribution >= 4 is 32.5 Å². The molecule has 0 spiro atoms. The van der Waals surface area contributed by atoms with Crippen LogP contribution in [0, 0.1) is 0 Å². The Morgan fingerprint density at radius 2 is 2.05 bits per heavy atom. The molecule has 0 radical (unpaired) electrons. The molecule has 0 aliphatic carbocycles. The van der Waals surface area contributed by atoms with E-state index in [-0.39, 0.29) is 5.78 Å². The summed E-state index contributed by atoms with van der Waals surface area (Å²) in [6.45, 7) is 0. The van der Waals surface area contributed by atoms with Gasteiger partial charge >= 0.3 is 0 Å². The molecule has 0 unspecified atom stereocenters. The molecule has 94 valence electrons. The second-order valence-electron chi connectivity index (χ2n) is 4.17. The molecule has 2 aromatic heterocycles. The van der Waals surface area contributed by atoms with Gasteiger partial charge in [0.05, 0.1) is 10.7 Å². The fraction of sp³-hybridized carbons (Fsp3) is 0.0714. The van der Waals surface area contributed by atoms with Gasteiger partial charge in [-0.05, 0) is 27.4 Å². The number of fused-ring (bicyclic) bond motifs is 1. The Morgan fingerprint density at radius 3 is 2.79 bits per heavy atom. The van der Waals surface area contributed by atoms with Gasteiger partial charge in [-0.1, -0.05) is 24.3 Å². The molecule has 0 aliphatic rings. The third-order valence-electron chi connectivity index (χ3n) is 3.00. The Kier molecular flexibility index (Phi) is 2.91. The summed E-state index contributed by atoms with van der Waals surface area (Å²) in [6.07, 6.45) is 3.26. The maximum atomic E-state index is 12.6. The fourth-order valence-electron chi connectivity index (χ4n) is 2.08. The van der Waals surface area contributed by atoms with Crippen LogP contribution in [0.15, 0.2) is 47.2 Å². The van der Waals surface area contributed by atoms with Crippen molar-refractivity contribution in [3.63, 3.8) is 0 Å². The van der Waals surface area contributed by atoms with Crippen LogP contribution in [0.1, 0.15) is 16.2 Å². The first-order valence-corrected chi connectivity index (χ1v) is 6.53. The van der Waals surface area contributed by atoms with E-state index in [2.05, 4.69) is 26.0 Å². The van der Waals surface area contributed by atoms with Crippen molar-refractivity contribution in [1.82, 2.24) is 14.8 Å². The van der Waals surface area contributed by atoms with Crippen molar-refractivity contribution in [2.75, 3.05) is 0 Å². The summed E-state index contributed by atoms with van der Waals surface area (Å²) in [6, 6.07) is 9.60. The van der Waals surface area contributed by atoms with E-state index in [0.717, 1.165) is 10.8 Å². The smallest absolute Gasteiger partial charge is 0.231 e. The first-order valence-electron chi connectivity index (χ1n) is 5.74. The van der Waals surface area contributed by atoms with Gasteiger partial charge in [-0.2, -0.15) is 5.10 Å². The minimum atomic E-state index is -0.135. The van der Waals surface area contributed by atoms with E-state index in [1.54, 1.807) is 24.1 Å². The maximum absolute atomic E-state index is 12.6. The van der Waals surface area contributed by atoms with E-state index < -0.39 is 0 Å². The van der Waals surface area contributed by atoms with Crippen LogP contribution < -0.4 is 0 Å². The zero-order chi connectivity index (χ0) is 13.4. The van der Waals surface area contributed by atoms with E-state index in [4.69, 9.17) is 0 Å². The van der Waals surface area contributed by atoms with E-state index in [0.29, 0.717) is 15.9 Å². The van der Waals surface area contributed by atoms with Crippen LogP contribution in [-0.2, 0) is 7.05 Å². The Hall–Kier alpha value is -2.01. The van der Waals surface area contributed by atoms with Crippen LogP contribution in [0.4, 0.5) is 0 Å². The lowest BCUT2D eigenvalue weighted by Crippen LogP contribution is -2.11. The third kappa shape index (κ3) is 1.96. The number of pyridine rings is 1. The number of carbonyl (C=O) groups is 1. The highest BCUT2D eigenvalue weighted by Crippen LogP contribution is 2.23. The minimum absolute atomic E-state index is 0.135. The molecule has 3 aromatic rings. The van der Waals surface area contributed by atoms with Gasteiger partial charge in [-0.3, -0.25) is 14.5 Å². The number of carbonyl (C=O) groups excluding carboxylic acids is 1. The molecule has 1 aromatic carbocycles. The zero-order valence-electron chi connectivity index (χ0n) is 10.2. The summed E-state index contributed by atoms with van der Waals surface area (Å²) in [7, 11) is 1.74. The minimum Gasteiger partial charge on any atom is -0.285 e. The van der Waals surface area contributed by atoms with Crippen LogP contribution in [0.5, 0.6) is 0 Å². The summed E-state index contributed by atoms with van der Waals surface area (Å²) in [5.74, 6) is -0.135. The fourth-order valence-corrected chi connectivity index (χ4v) is 2.61. The van der Waals surface area contributed by atoms with Gasteiger partial charge < -0.3 is 0 Å². The zero-order valence-corrected chi connectivity index (χ0v) is 11.8. The third-order valence-corrected chi connectivity index (χ3v) is 3.58. The lowest BCUT2D eigenvalue weighted by molar-refractivity contribution is 0.102. The largest absolute Gasteiger partial charge is 0.285 e. The van der Waals surface area contributed by atoms with Gasteiger partial charge in [0.25, 0.3) is 0 Å². The normalized spacial score (nSPS) is 10.8. The number of halogens is 1. The average molecular weight is 316 g/mol. The van der Waals surface area contributed by atoms with Gasteiger partial charge in [-0.25, -0.2) is 0 Å². The van der Waals surface area contributed by atoms with Crippen molar-refractivity contribution in [3.8, 4) is 0 Å². The van der Waals surface area contributed by atoms with E-state index in [9.17, 15) is 4.79 Å². The number of rotatable bonds is 2. The Labute approximate surface area is 118 Å². The maximum Gasteiger partial charge on any atom is 0.231 e. The molecule has 0 fully saturated rings. The highest BCUT2D eigenvalue weighted by atomic mass is 79.9. The van der Waals surface area contributed by atoms with Crippen LogP contribution >= 0.6 is 15.9 Å². The number of hydrogen-bond donors (Lipinski definition) is 0. The molecule has 0 atom stereocenters. The predicted octanol–water partition coefficient (Wildman–Crippen LogP) is 2.96. The molecule has 0 bridgehead atoms. The molecule has 2 heterocycles. The van der Waals surface area contributed by atoms with Gasteiger partial charge in [0.1, 0.15) is 11.4 Å². The first kappa shape index (κ1) is 12.0. The highest BCUT2D eigenvalue weighted by Gasteiger charge is 2.20. The van der Waals surface area contributed by atoms with Gasteiger partial charge in [0, 0.05) is 18.6 Å². The molecule has 0 N–H and O–H groups in total. The van der Waals surface area contributed by atoms with Crippen LogP contribution in [0.25, 0.3) is 10.8 Å². The molecule has 0 saturated heterocycles. The summed E-state index contributed by atoms with van der Waals surface area (Å²) in [5, 5.41) is 5.91. The predicted molar refractivity (Wildman–Crippen MR) is 76.1 cm³/mol. The van der Waals surface area contributed by atoms with Gasteiger partial charge in [0.2, 0.25) is 5.78 Å². The molecule has 19 heavy (non-hydrogen) atoms. The van der Waals surface area contributed by atoms with Crippen LogP contribution in [0.2, 0.25) is 0 Å². The molecule has 4 nitrogen and oxygen atoms in total.